The van der Waals surface area contributed by atoms with Gasteiger partial charge in [0.1, 0.15) is 16.7 Å². The first kappa shape index (κ1) is 18.5. The van der Waals surface area contributed by atoms with Crippen LogP contribution >= 0.6 is 11.8 Å². The quantitative estimate of drug-likeness (QED) is 0.693. The van der Waals surface area contributed by atoms with E-state index in [1.54, 1.807) is 6.07 Å². The number of imidazole rings is 1. The number of carbonyl (C=O) groups is 1. The fourth-order valence-corrected chi connectivity index (χ4v) is 3.70. The summed E-state index contributed by atoms with van der Waals surface area (Å²) < 4.78 is 20.6. The highest BCUT2D eigenvalue weighted by Gasteiger charge is 2.19. The molecule has 0 radical (unpaired) electrons. The Balaban J connectivity index is 2.33. The number of halogens is 1. The Labute approximate surface area is 146 Å². The van der Waals surface area contributed by atoms with Crippen molar-refractivity contribution in [2.45, 2.75) is 56.5 Å². The van der Waals surface area contributed by atoms with Gasteiger partial charge in [-0.25, -0.2) is 9.37 Å². The molecule has 0 atom stereocenters. The first-order chi connectivity index (χ1) is 11.4. The highest BCUT2D eigenvalue weighted by atomic mass is 32.2. The maximum absolute atomic E-state index is 13.5. The fourth-order valence-electron chi connectivity index (χ4n) is 2.43. The molecule has 1 heterocycles. The van der Waals surface area contributed by atoms with Crippen molar-refractivity contribution in [2.24, 2.45) is 0 Å². The number of carbonyl (C=O) groups excluding carboxylic acids is 1. The summed E-state index contributed by atoms with van der Waals surface area (Å²) in [6.07, 6.45) is 0.566. The maximum atomic E-state index is 13.5. The molecule has 1 aromatic heterocycles. The minimum atomic E-state index is -0.289. The van der Waals surface area contributed by atoms with E-state index in [1.165, 1.54) is 30.8 Å². The third-order valence-corrected chi connectivity index (χ3v) is 4.64. The van der Waals surface area contributed by atoms with Crippen LogP contribution in [0.1, 0.15) is 45.1 Å². The summed E-state index contributed by atoms with van der Waals surface area (Å²) >= 11 is 1.52. The molecule has 0 spiro atoms. The summed E-state index contributed by atoms with van der Waals surface area (Å²) in [7, 11) is 0. The van der Waals surface area contributed by atoms with Gasteiger partial charge in [0.05, 0.1) is 12.3 Å². The van der Waals surface area contributed by atoms with E-state index < -0.39 is 0 Å². The second kappa shape index (κ2) is 8.33. The van der Waals surface area contributed by atoms with Gasteiger partial charge in [0.15, 0.2) is 0 Å². The third-order valence-electron chi connectivity index (χ3n) is 3.53. The molecule has 24 heavy (non-hydrogen) atoms. The molecule has 0 N–H and O–H groups in total. The lowest BCUT2D eigenvalue weighted by Gasteiger charge is -2.11. The molecule has 0 aliphatic heterocycles. The summed E-state index contributed by atoms with van der Waals surface area (Å²) in [5.41, 5.74) is 0.990. The smallest absolute Gasteiger partial charge is 0.302 e. The predicted octanol–water partition coefficient (Wildman–Crippen LogP) is 4.42. The van der Waals surface area contributed by atoms with Crippen LogP contribution in [0, 0.1) is 5.82 Å². The van der Waals surface area contributed by atoms with Crippen LogP contribution in [0.5, 0.6) is 0 Å². The van der Waals surface area contributed by atoms with Gasteiger partial charge in [0.25, 0.3) is 0 Å². The monoisotopic (exact) mass is 350 g/mol. The first-order valence-electron chi connectivity index (χ1n) is 8.08. The minimum Gasteiger partial charge on any atom is -0.465 e. The second-order valence-electron chi connectivity index (χ2n) is 5.77. The molecule has 0 aliphatic carbocycles. The van der Waals surface area contributed by atoms with Crippen LogP contribution in [-0.4, -0.2) is 22.1 Å². The number of nitrogens with zero attached hydrogens (tertiary/aromatic N) is 2. The predicted molar refractivity (Wildman–Crippen MR) is 92.9 cm³/mol. The molecule has 2 rings (SSSR count). The molecule has 130 valence electrons. The van der Waals surface area contributed by atoms with Gasteiger partial charge in [-0.3, -0.25) is 4.79 Å². The normalized spacial score (nSPS) is 11.1. The zero-order valence-corrected chi connectivity index (χ0v) is 15.3. The van der Waals surface area contributed by atoms with Crippen LogP contribution in [0.15, 0.2) is 34.2 Å². The number of benzene rings is 1. The number of ether oxygens (including phenoxy) is 1. The van der Waals surface area contributed by atoms with Gasteiger partial charge in [-0.05, 0) is 31.0 Å². The zero-order valence-electron chi connectivity index (χ0n) is 14.5. The molecular weight excluding hydrogens is 327 g/mol. The molecule has 6 heteroatoms. The van der Waals surface area contributed by atoms with E-state index in [0.717, 1.165) is 28.0 Å². The number of esters is 1. The van der Waals surface area contributed by atoms with Crippen molar-refractivity contribution in [3.63, 3.8) is 0 Å². The van der Waals surface area contributed by atoms with Crippen molar-refractivity contribution in [1.29, 1.82) is 0 Å². The van der Waals surface area contributed by atoms with E-state index in [2.05, 4.69) is 25.3 Å². The summed E-state index contributed by atoms with van der Waals surface area (Å²) in [4.78, 5) is 16.6. The van der Waals surface area contributed by atoms with Gasteiger partial charge in [0, 0.05) is 24.8 Å². The minimum absolute atomic E-state index is 0.247. The molecule has 0 aliphatic rings. The van der Waals surface area contributed by atoms with Gasteiger partial charge >= 0.3 is 5.97 Å². The molecule has 0 bridgehead atoms. The molecular formula is C18H23FN2O2S. The molecule has 0 saturated carbocycles. The van der Waals surface area contributed by atoms with E-state index >= 15 is 0 Å². The highest BCUT2D eigenvalue weighted by molar-refractivity contribution is 7.99. The third kappa shape index (κ3) is 4.60. The molecule has 0 saturated heterocycles. The van der Waals surface area contributed by atoms with Crippen LogP contribution < -0.4 is 0 Å². The Bertz CT molecular complexity index is 713. The van der Waals surface area contributed by atoms with Crippen molar-refractivity contribution in [3.8, 4) is 0 Å². The average Bonchev–Trinajstić information content (AvgIpc) is 2.84. The molecule has 0 fully saturated rings. The van der Waals surface area contributed by atoms with Gasteiger partial charge < -0.3 is 9.30 Å². The fraction of sp³-hybridized carbons (Fsp3) is 0.444. The van der Waals surface area contributed by atoms with Crippen LogP contribution in [0.3, 0.4) is 0 Å². The lowest BCUT2D eigenvalue weighted by molar-refractivity contribution is -0.140. The molecule has 0 amide bonds. The van der Waals surface area contributed by atoms with Crippen molar-refractivity contribution < 1.29 is 13.9 Å². The van der Waals surface area contributed by atoms with E-state index in [4.69, 9.17) is 9.72 Å². The van der Waals surface area contributed by atoms with E-state index in [9.17, 15) is 9.18 Å². The van der Waals surface area contributed by atoms with Crippen LogP contribution in [0.2, 0.25) is 0 Å². The summed E-state index contributed by atoms with van der Waals surface area (Å²) in [6.45, 7) is 8.70. The molecule has 2 aromatic rings. The van der Waals surface area contributed by atoms with Crippen LogP contribution in [0.25, 0.3) is 0 Å². The lowest BCUT2D eigenvalue weighted by Crippen LogP contribution is -2.09. The Morgan fingerprint density at radius 3 is 2.75 bits per heavy atom. The van der Waals surface area contributed by atoms with Crippen LogP contribution in [0.4, 0.5) is 4.39 Å². The molecule has 1 aromatic carbocycles. The largest absolute Gasteiger partial charge is 0.465 e. The highest BCUT2D eigenvalue weighted by Crippen LogP contribution is 2.35. The van der Waals surface area contributed by atoms with Gasteiger partial charge in [-0.2, -0.15) is 0 Å². The number of rotatable bonds is 7. The topological polar surface area (TPSA) is 44.1 Å². The number of hydrogen-bond donors (Lipinski definition) is 0. The number of hydrogen-bond acceptors (Lipinski definition) is 4. The van der Waals surface area contributed by atoms with Crippen molar-refractivity contribution in [3.05, 3.63) is 41.6 Å². The molecule has 4 nitrogen and oxygen atoms in total. The van der Waals surface area contributed by atoms with E-state index in [0.29, 0.717) is 13.0 Å². The van der Waals surface area contributed by atoms with Crippen molar-refractivity contribution in [1.82, 2.24) is 9.55 Å². The van der Waals surface area contributed by atoms with Gasteiger partial charge in [-0.15, -0.1) is 0 Å². The maximum Gasteiger partial charge on any atom is 0.302 e. The standard InChI is InChI=1S/C18H23FN2O2S/c1-5-21-16(9-10-23-13(4)22)20-17(12(2)3)18(21)24-15-8-6-7-14(19)11-15/h6-8,11-12H,5,9-10H2,1-4H3. The molecule has 0 unspecified atom stereocenters. The Kier molecular flexibility index (Phi) is 6.43. The Morgan fingerprint density at radius 1 is 1.42 bits per heavy atom. The van der Waals surface area contributed by atoms with E-state index in [-0.39, 0.29) is 17.7 Å². The Hall–Kier alpha value is -1.82. The second-order valence-corrected chi connectivity index (χ2v) is 6.83. The van der Waals surface area contributed by atoms with Gasteiger partial charge in [0.2, 0.25) is 0 Å². The summed E-state index contributed by atoms with van der Waals surface area (Å²) in [5, 5.41) is 1.02. The number of aromatic nitrogens is 2. The summed E-state index contributed by atoms with van der Waals surface area (Å²) in [5.74, 6) is 0.606. The first-order valence-corrected chi connectivity index (χ1v) is 8.90. The van der Waals surface area contributed by atoms with Gasteiger partial charge in [-0.1, -0.05) is 31.7 Å². The van der Waals surface area contributed by atoms with Crippen LogP contribution in [-0.2, 0) is 22.5 Å². The SMILES string of the molecule is CCn1c(CCOC(C)=O)nc(C(C)C)c1Sc1cccc(F)c1. The lowest BCUT2D eigenvalue weighted by atomic mass is 10.1. The summed E-state index contributed by atoms with van der Waals surface area (Å²) in [6, 6.07) is 6.57. The van der Waals surface area contributed by atoms with E-state index in [1.807, 2.05) is 6.07 Å². The average molecular weight is 350 g/mol. The zero-order chi connectivity index (χ0) is 17.7. The van der Waals surface area contributed by atoms with Crippen molar-refractivity contribution >= 4 is 17.7 Å². The van der Waals surface area contributed by atoms with Crippen molar-refractivity contribution in [2.75, 3.05) is 6.61 Å². The Morgan fingerprint density at radius 2 is 2.17 bits per heavy atom.